The molecule has 3 rings (SSSR count). The van der Waals surface area contributed by atoms with Crippen molar-refractivity contribution < 1.29 is 48.9 Å². The molecular formula is C18H28N3NaO4. The average Bonchev–Trinajstić information content (AvgIpc) is 3.34. The maximum absolute atomic E-state index is 11.2. The second-order valence-electron chi connectivity index (χ2n) is 6.55. The van der Waals surface area contributed by atoms with Gasteiger partial charge in [-0.05, 0) is 39.0 Å². The summed E-state index contributed by atoms with van der Waals surface area (Å²) in [4.78, 5) is 22.0. The van der Waals surface area contributed by atoms with Gasteiger partial charge in [-0.3, -0.25) is 0 Å². The molecule has 2 aliphatic rings. The van der Waals surface area contributed by atoms with Crippen molar-refractivity contribution in [1.82, 2.24) is 9.97 Å². The van der Waals surface area contributed by atoms with Crippen LogP contribution in [0.15, 0.2) is 6.07 Å². The van der Waals surface area contributed by atoms with Gasteiger partial charge in [-0.2, -0.15) is 4.98 Å². The van der Waals surface area contributed by atoms with Gasteiger partial charge in [0, 0.05) is 25.8 Å². The Morgan fingerprint density at radius 2 is 2.00 bits per heavy atom. The molecule has 1 aliphatic carbocycles. The summed E-state index contributed by atoms with van der Waals surface area (Å²) in [5.41, 5.74) is -1.20. The molecule has 0 aromatic carbocycles. The Balaban J connectivity index is 0.00000169. The first-order valence-corrected chi connectivity index (χ1v) is 8.65. The summed E-state index contributed by atoms with van der Waals surface area (Å²) in [6.07, 6.45) is 4.20. The number of piperidine rings is 1. The topological polar surface area (TPSA) is 87.6 Å². The number of carbonyl (C=O) groups is 1. The molecule has 0 N–H and O–H groups in total. The van der Waals surface area contributed by atoms with E-state index in [1.165, 1.54) is 0 Å². The second kappa shape index (κ2) is 9.88. The molecule has 7 nitrogen and oxygen atoms in total. The van der Waals surface area contributed by atoms with Crippen LogP contribution in [-0.2, 0) is 9.53 Å². The van der Waals surface area contributed by atoms with E-state index in [0.717, 1.165) is 44.8 Å². The van der Waals surface area contributed by atoms with Crippen molar-refractivity contribution in [1.29, 1.82) is 0 Å². The normalized spacial score (nSPS) is 18.5. The zero-order chi connectivity index (χ0) is 17.2. The fraction of sp³-hybridized carbons (Fsp3) is 0.722. The molecule has 140 valence electrons. The van der Waals surface area contributed by atoms with Gasteiger partial charge in [-0.15, -0.1) is 0 Å². The fourth-order valence-electron chi connectivity index (χ4n) is 2.94. The van der Waals surface area contributed by atoms with E-state index in [4.69, 9.17) is 9.47 Å². The number of rotatable bonds is 7. The van der Waals surface area contributed by atoms with Crippen LogP contribution in [0.1, 0.15) is 52.3 Å². The number of hydrogen-bond donors (Lipinski definition) is 0. The number of hydrogen-bond acceptors (Lipinski definition) is 7. The fourth-order valence-corrected chi connectivity index (χ4v) is 2.94. The van der Waals surface area contributed by atoms with Crippen molar-refractivity contribution >= 4 is 11.8 Å². The molecule has 0 atom stereocenters. The summed E-state index contributed by atoms with van der Waals surface area (Å²) in [5.74, 6) is 0.486. The van der Waals surface area contributed by atoms with Gasteiger partial charge in [0.15, 0.2) is 5.60 Å². The first kappa shape index (κ1) is 23.1. The van der Waals surface area contributed by atoms with Crippen LogP contribution in [0.2, 0.25) is 0 Å². The van der Waals surface area contributed by atoms with E-state index in [1.54, 1.807) is 13.0 Å². The van der Waals surface area contributed by atoms with Crippen molar-refractivity contribution in [3.8, 4) is 5.88 Å². The Kier molecular flexibility index (Phi) is 8.79. The largest absolute Gasteiger partial charge is 1.00 e. The zero-order valence-corrected chi connectivity index (χ0v) is 17.3. The van der Waals surface area contributed by atoms with Gasteiger partial charge in [-0.25, -0.2) is 4.98 Å². The Morgan fingerprint density at radius 1 is 1.35 bits per heavy atom. The molecule has 1 saturated carbocycles. The molecule has 0 unspecified atom stereocenters. The van der Waals surface area contributed by atoms with E-state index >= 15 is 0 Å². The van der Waals surface area contributed by atoms with E-state index in [9.17, 15) is 9.90 Å². The standard InChI is InChI=1S/C17H25N3O4.CH4.Na/c1-3-10-23-13-4-8-20(9-5-13)14-11-15(19-12(2)18-14)24-17(6-7-17)16(21)22;;/h11,13H,3-10H2,1-2H3,(H,21,22);1H4;/q;;+1/p-1. The monoisotopic (exact) mass is 373 g/mol. The molecule has 8 heteroatoms. The first-order valence-electron chi connectivity index (χ1n) is 8.65. The Labute approximate surface area is 177 Å². The summed E-state index contributed by atoms with van der Waals surface area (Å²) in [6.45, 7) is 6.41. The molecule has 1 saturated heterocycles. The summed E-state index contributed by atoms with van der Waals surface area (Å²) >= 11 is 0. The average molecular weight is 373 g/mol. The third-order valence-electron chi connectivity index (χ3n) is 4.50. The van der Waals surface area contributed by atoms with Crippen LogP contribution >= 0.6 is 0 Å². The van der Waals surface area contributed by atoms with Crippen LogP contribution in [-0.4, -0.2) is 47.3 Å². The van der Waals surface area contributed by atoms with E-state index in [-0.39, 0.29) is 37.0 Å². The molecule has 2 heterocycles. The molecule has 1 aliphatic heterocycles. The van der Waals surface area contributed by atoms with Gasteiger partial charge in [0.2, 0.25) is 5.88 Å². The Bertz CT molecular complexity index is 602. The quantitative estimate of drug-likeness (QED) is 0.537. The maximum Gasteiger partial charge on any atom is 1.00 e. The van der Waals surface area contributed by atoms with E-state index in [1.807, 2.05) is 0 Å². The molecule has 0 amide bonds. The summed E-state index contributed by atoms with van der Waals surface area (Å²) in [6, 6.07) is 1.73. The molecule has 0 spiro atoms. The van der Waals surface area contributed by atoms with Crippen LogP contribution in [0, 0.1) is 6.92 Å². The minimum Gasteiger partial charge on any atom is -0.546 e. The number of nitrogens with zero attached hydrogens (tertiary/aromatic N) is 3. The smallest absolute Gasteiger partial charge is 0.546 e. The second-order valence-corrected chi connectivity index (χ2v) is 6.55. The molecule has 0 radical (unpaired) electrons. The summed E-state index contributed by atoms with van der Waals surface area (Å²) in [7, 11) is 0. The van der Waals surface area contributed by atoms with Crippen LogP contribution in [0.25, 0.3) is 0 Å². The molecule has 1 aromatic rings. The Morgan fingerprint density at radius 3 is 2.54 bits per heavy atom. The van der Waals surface area contributed by atoms with Gasteiger partial charge in [0.1, 0.15) is 11.6 Å². The summed E-state index contributed by atoms with van der Waals surface area (Å²) < 4.78 is 11.4. The van der Waals surface area contributed by atoms with Gasteiger partial charge in [0.05, 0.1) is 12.1 Å². The molecule has 2 fully saturated rings. The predicted octanol–water partition coefficient (Wildman–Crippen LogP) is -1.52. The van der Waals surface area contributed by atoms with Gasteiger partial charge in [0.25, 0.3) is 0 Å². The number of carboxylic acids is 1. The Hall–Kier alpha value is -0.890. The van der Waals surface area contributed by atoms with E-state index in [2.05, 4.69) is 21.8 Å². The molecule has 1 aromatic heterocycles. The van der Waals surface area contributed by atoms with Crippen LogP contribution < -0.4 is 44.3 Å². The van der Waals surface area contributed by atoms with Gasteiger partial charge in [-0.1, -0.05) is 14.4 Å². The molecular weight excluding hydrogens is 345 g/mol. The SMILES string of the molecule is C.CCCOC1CCN(c2cc(OC3(C(=O)[O-])CC3)nc(C)n2)CC1.[Na+]. The van der Waals surface area contributed by atoms with Crippen molar-refractivity contribution in [2.24, 2.45) is 0 Å². The minimum atomic E-state index is -1.20. The minimum absolute atomic E-state index is 0. The van der Waals surface area contributed by atoms with Gasteiger partial charge >= 0.3 is 29.6 Å². The first-order chi connectivity index (χ1) is 11.5. The summed E-state index contributed by atoms with van der Waals surface area (Å²) in [5, 5.41) is 11.2. The maximum atomic E-state index is 11.2. The van der Waals surface area contributed by atoms with Crippen LogP contribution in [0.5, 0.6) is 5.88 Å². The number of aliphatic carboxylic acids is 1. The number of ether oxygens (including phenoxy) is 2. The number of carboxylic acid groups (broad SMARTS) is 1. The zero-order valence-electron chi connectivity index (χ0n) is 15.3. The predicted molar refractivity (Wildman–Crippen MR) is 92.6 cm³/mol. The number of aromatic nitrogens is 2. The van der Waals surface area contributed by atoms with Crippen molar-refractivity contribution in [2.75, 3.05) is 24.6 Å². The third-order valence-corrected chi connectivity index (χ3v) is 4.50. The number of anilines is 1. The molecule has 0 bridgehead atoms. The van der Waals surface area contributed by atoms with Crippen LogP contribution in [0.4, 0.5) is 5.82 Å². The van der Waals surface area contributed by atoms with Crippen molar-refractivity contribution in [3.05, 3.63) is 11.9 Å². The van der Waals surface area contributed by atoms with E-state index in [0.29, 0.717) is 30.7 Å². The number of aryl methyl sites for hydroxylation is 1. The van der Waals surface area contributed by atoms with Crippen molar-refractivity contribution in [2.45, 2.75) is 65.1 Å². The number of carbonyl (C=O) groups excluding carboxylic acids is 1. The molecule has 26 heavy (non-hydrogen) atoms. The van der Waals surface area contributed by atoms with E-state index < -0.39 is 11.6 Å². The van der Waals surface area contributed by atoms with Gasteiger partial charge < -0.3 is 24.3 Å². The third kappa shape index (κ3) is 5.55. The van der Waals surface area contributed by atoms with Crippen molar-refractivity contribution in [3.63, 3.8) is 0 Å². The van der Waals surface area contributed by atoms with Crippen LogP contribution in [0.3, 0.4) is 0 Å².